The number of thiophene rings is 1. The number of amides is 2. The van der Waals surface area contributed by atoms with Gasteiger partial charge in [-0.1, -0.05) is 0 Å². The highest BCUT2D eigenvalue weighted by molar-refractivity contribution is 7.08. The fourth-order valence-corrected chi connectivity index (χ4v) is 2.60. The van der Waals surface area contributed by atoms with Crippen LogP contribution in [0.15, 0.2) is 41.1 Å². The Balaban J connectivity index is 1.97. The largest absolute Gasteiger partial charge is 0.384 e. The molecule has 1 aromatic carbocycles. The van der Waals surface area contributed by atoms with Gasteiger partial charge >= 0.3 is 0 Å². The minimum Gasteiger partial charge on any atom is -0.384 e. The summed E-state index contributed by atoms with van der Waals surface area (Å²) in [6.45, 7) is 1.78. The summed E-state index contributed by atoms with van der Waals surface area (Å²) in [5.74, 6) is -0.275. The SMILES string of the molecule is CC(O)(CNC(=O)c1ccc(NC=O)cc1)c1ccsc1. The van der Waals surface area contributed by atoms with Crippen molar-refractivity contribution in [1.82, 2.24) is 5.32 Å². The van der Waals surface area contributed by atoms with Gasteiger partial charge in [-0.15, -0.1) is 0 Å². The average molecular weight is 304 g/mol. The second-order valence-electron chi connectivity index (χ2n) is 4.81. The number of hydrogen-bond acceptors (Lipinski definition) is 4. The summed E-state index contributed by atoms with van der Waals surface area (Å²) in [7, 11) is 0. The van der Waals surface area contributed by atoms with Crippen LogP contribution in [0.4, 0.5) is 5.69 Å². The summed E-state index contributed by atoms with van der Waals surface area (Å²) in [5.41, 5.74) is 0.756. The van der Waals surface area contributed by atoms with E-state index < -0.39 is 5.60 Å². The monoisotopic (exact) mass is 304 g/mol. The summed E-state index contributed by atoms with van der Waals surface area (Å²) in [6, 6.07) is 8.33. The summed E-state index contributed by atoms with van der Waals surface area (Å²) in [5, 5.41) is 19.3. The van der Waals surface area contributed by atoms with Crippen molar-refractivity contribution < 1.29 is 14.7 Å². The fraction of sp³-hybridized carbons (Fsp3) is 0.200. The molecule has 0 bridgehead atoms. The van der Waals surface area contributed by atoms with Crippen LogP contribution in [-0.4, -0.2) is 24.0 Å². The van der Waals surface area contributed by atoms with Crippen molar-refractivity contribution in [3.05, 3.63) is 52.2 Å². The Morgan fingerprint density at radius 3 is 2.62 bits per heavy atom. The molecule has 2 rings (SSSR count). The third kappa shape index (κ3) is 3.90. The van der Waals surface area contributed by atoms with Crippen molar-refractivity contribution in [3.63, 3.8) is 0 Å². The molecule has 0 aliphatic heterocycles. The molecule has 1 heterocycles. The van der Waals surface area contributed by atoms with E-state index in [9.17, 15) is 14.7 Å². The maximum absolute atomic E-state index is 12.0. The van der Waals surface area contributed by atoms with Gasteiger partial charge in [0, 0.05) is 11.3 Å². The molecule has 1 unspecified atom stereocenters. The van der Waals surface area contributed by atoms with Crippen molar-refractivity contribution >= 4 is 29.3 Å². The molecule has 0 saturated heterocycles. The maximum atomic E-state index is 12.0. The Bertz CT molecular complexity index is 606. The van der Waals surface area contributed by atoms with Crippen LogP contribution < -0.4 is 10.6 Å². The molecule has 5 nitrogen and oxygen atoms in total. The molecular weight excluding hydrogens is 288 g/mol. The standard InChI is InChI=1S/C15H16N2O3S/c1-15(20,12-6-7-21-8-12)9-16-14(19)11-2-4-13(5-3-11)17-10-18/h2-8,10,20H,9H2,1H3,(H,16,19)(H,17,18). The van der Waals surface area contributed by atoms with E-state index in [4.69, 9.17) is 0 Å². The van der Waals surface area contributed by atoms with Crippen LogP contribution in [0.5, 0.6) is 0 Å². The number of anilines is 1. The minimum atomic E-state index is -1.10. The van der Waals surface area contributed by atoms with E-state index in [2.05, 4.69) is 10.6 Å². The zero-order valence-corrected chi connectivity index (χ0v) is 12.3. The normalized spacial score (nSPS) is 13.2. The van der Waals surface area contributed by atoms with E-state index >= 15 is 0 Å². The lowest BCUT2D eigenvalue weighted by Crippen LogP contribution is -2.38. The number of benzene rings is 1. The first-order valence-electron chi connectivity index (χ1n) is 6.36. The Morgan fingerprint density at radius 2 is 2.05 bits per heavy atom. The highest BCUT2D eigenvalue weighted by Gasteiger charge is 2.24. The van der Waals surface area contributed by atoms with Gasteiger partial charge in [0.15, 0.2) is 0 Å². The summed E-state index contributed by atoms with van der Waals surface area (Å²) >= 11 is 1.50. The highest BCUT2D eigenvalue weighted by atomic mass is 32.1. The second kappa shape index (κ2) is 6.51. The molecule has 1 atom stereocenters. The third-order valence-electron chi connectivity index (χ3n) is 3.11. The first kappa shape index (κ1) is 15.2. The number of nitrogens with one attached hydrogen (secondary N) is 2. The van der Waals surface area contributed by atoms with Crippen molar-refractivity contribution in [2.75, 3.05) is 11.9 Å². The summed E-state index contributed by atoms with van der Waals surface area (Å²) < 4.78 is 0. The van der Waals surface area contributed by atoms with Gasteiger partial charge in [-0.05, 0) is 53.6 Å². The number of carbonyl (C=O) groups is 2. The van der Waals surface area contributed by atoms with E-state index in [1.54, 1.807) is 31.2 Å². The molecular formula is C15H16N2O3S. The Hall–Kier alpha value is -2.18. The predicted octanol–water partition coefficient (Wildman–Crippen LogP) is 1.95. The lowest BCUT2D eigenvalue weighted by atomic mass is 9.99. The van der Waals surface area contributed by atoms with Crippen molar-refractivity contribution in [2.24, 2.45) is 0 Å². The van der Waals surface area contributed by atoms with Crippen LogP contribution in [0.2, 0.25) is 0 Å². The Morgan fingerprint density at radius 1 is 1.33 bits per heavy atom. The van der Waals surface area contributed by atoms with Gasteiger partial charge in [0.05, 0.1) is 6.54 Å². The van der Waals surface area contributed by atoms with Gasteiger partial charge in [0.25, 0.3) is 5.91 Å². The van der Waals surface area contributed by atoms with Crippen molar-refractivity contribution in [1.29, 1.82) is 0 Å². The lowest BCUT2D eigenvalue weighted by Gasteiger charge is -2.22. The van der Waals surface area contributed by atoms with Crippen LogP contribution >= 0.6 is 11.3 Å². The van der Waals surface area contributed by atoms with Crippen LogP contribution in [0, 0.1) is 0 Å². The van der Waals surface area contributed by atoms with Crippen LogP contribution in [0.1, 0.15) is 22.8 Å². The number of aliphatic hydroxyl groups is 1. The zero-order chi connectivity index (χ0) is 15.3. The first-order chi connectivity index (χ1) is 10.0. The molecule has 2 amide bonds. The zero-order valence-electron chi connectivity index (χ0n) is 11.5. The molecule has 0 aliphatic carbocycles. The van der Waals surface area contributed by atoms with Gasteiger partial charge in [0.1, 0.15) is 5.60 Å². The molecule has 1 aromatic heterocycles. The highest BCUT2D eigenvalue weighted by Crippen LogP contribution is 2.22. The molecule has 21 heavy (non-hydrogen) atoms. The maximum Gasteiger partial charge on any atom is 0.251 e. The Kier molecular flexibility index (Phi) is 4.72. The summed E-state index contributed by atoms with van der Waals surface area (Å²) in [6.07, 6.45) is 0.577. The van der Waals surface area contributed by atoms with Crippen LogP contribution in [0.3, 0.4) is 0 Å². The molecule has 0 fully saturated rings. The minimum absolute atomic E-state index is 0.122. The molecule has 3 N–H and O–H groups in total. The van der Waals surface area contributed by atoms with Crippen molar-refractivity contribution in [3.8, 4) is 0 Å². The fourth-order valence-electron chi connectivity index (χ4n) is 1.81. The van der Waals surface area contributed by atoms with Gasteiger partial charge < -0.3 is 15.7 Å². The molecule has 0 aliphatic rings. The van der Waals surface area contributed by atoms with Crippen LogP contribution in [0.25, 0.3) is 0 Å². The third-order valence-corrected chi connectivity index (χ3v) is 3.79. The topological polar surface area (TPSA) is 78.4 Å². The molecule has 0 spiro atoms. The van der Waals surface area contributed by atoms with E-state index in [1.165, 1.54) is 11.3 Å². The Labute approximate surface area is 126 Å². The van der Waals surface area contributed by atoms with Gasteiger partial charge in [-0.2, -0.15) is 11.3 Å². The number of rotatable bonds is 6. The molecule has 0 saturated carbocycles. The summed E-state index contributed by atoms with van der Waals surface area (Å²) in [4.78, 5) is 22.3. The molecule has 110 valence electrons. The number of hydrogen-bond donors (Lipinski definition) is 3. The molecule has 6 heteroatoms. The lowest BCUT2D eigenvalue weighted by molar-refractivity contribution is -0.105. The van der Waals surface area contributed by atoms with E-state index in [0.29, 0.717) is 17.7 Å². The number of carbonyl (C=O) groups excluding carboxylic acids is 2. The quantitative estimate of drug-likeness (QED) is 0.714. The smallest absolute Gasteiger partial charge is 0.251 e. The first-order valence-corrected chi connectivity index (χ1v) is 7.31. The second-order valence-corrected chi connectivity index (χ2v) is 5.59. The van der Waals surface area contributed by atoms with E-state index in [0.717, 1.165) is 5.56 Å². The molecule has 0 radical (unpaired) electrons. The van der Waals surface area contributed by atoms with E-state index in [-0.39, 0.29) is 12.5 Å². The van der Waals surface area contributed by atoms with Crippen LogP contribution in [-0.2, 0) is 10.4 Å². The predicted molar refractivity (Wildman–Crippen MR) is 82.4 cm³/mol. The average Bonchev–Trinajstić information content (AvgIpc) is 3.01. The van der Waals surface area contributed by atoms with Gasteiger partial charge in [0.2, 0.25) is 6.41 Å². The van der Waals surface area contributed by atoms with E-state index in [1.807, 2.05) is 16.8 Å². The van der Waals surface area contributed by atoms with Gasteiger partial charge in [-0.25, -0.2) is 0 Å². The van der Waals surface area contributed by atoms with Gasteiger partial charge in [-0.3, -0.25) is 9.59 Å². The van der Waals surface area contributed by atoms with Crippen molar-refractivity contribution in [2.45, 2.75) is 12.5 Å². The molecule has 2 aromatic rings.